The van der Waals surface area contributed by atoms with Crippen molar-refractivity contribution in [2.75, 3.05) is 11.9 Å². The molecule has 0 saturated heterocycles. The average molecular weight is 337 g/mol. The highest BCUT2D eigenvalue weighted by Gasteiger charge is 2.19. The summed E-state index contributed by atoms with van der Waals surface area (Å²) in [7, 11) is 0. The number of hydrogen-bond donors (Lipinski definition) is 4. The number of rotatable bonds is 4. The third-order valence-corrected chi connectivity index (χ3v) is 3.77. The fourth-order valence-corrected chi connectivity index (χ4v) is 2.58. The van der Waals surface area contributed by atoms with Gasteiger partial charge < -0.3 is 20.7 Å². The van der Waals surface area contributed by atoms with Crippen molar-refractivity contribution >= 4 is 28.4 Å². The Balaban J connectivity index is 1.94. The monoisotopic (exact) mass is 337 g/mol. The van der Waals surface area contributed by atoms with Gasteiger partial charge in [0.25, 0.3) is 0 Å². The Morgan fingerprint density at radius 2 is 1.72 bits per heavy atom. The molecule has 1 atom stereocenters. The van der Waals surface area contributed by atoms with Crippen molar-refractivity contribution < 1.29 is 14.7 Å². The van der Waals surface area contributed by atoms with E-state index in [0.717, 1.165) is 22.2 Å². The number of aliphatic hydroxyl groups excluding tert-OH is 1. The van der Waals surface area contributed by atoms with Crippen LogP contribution in [0.1, 0.15) is 6.92 Å². The second-order valence-corrected chi connectivity index (χ2v) is 5.80. The number of benzene rings is 2. The first kappa shape index (κ1) is 16.7. The molecule has 0 fully saturated rings. The fourth-order valence-electron chi connectivity index (χ4n) is 2.58. The SMILES string of the molecule is C[C@H](O)CNC(=O)C(=O)Nc1c(-c2ccccc2)[nH]c2ccccc12. The van der Waals surface area contributed by atoms with Crippen molar-refractivity contribution in [1.29, 1.82) is 0 Å². The largest absolute Gasteiger partial charge is 0.392 e. The molecule has 25 heavy (non-hydrogen) atoms. The molecule has 2 amide bonds. The summed E-state index contributed by atoms with van der Waals surface area (Å²) in [5.74, 6) is -1.56. The smallest absolute Gasteiger partial charge is 0.313 e. The summed E-state index contributed by atoms with van der Waals surface area (Å²) in [6.45, 7) is 1.55. The Kier molecular flexibility index (Phi) is 4.81. The lowest BCUT2D eigenvalue weighted by atomic mass is 10.1. The van der Waals surface area contributed by atoms with Gasteiger partial charge >= 0.3 is 11.8 Å². The van der Waals surface area contributed by atoms with Crippen molar-refractivity contribution in [2.24, 2.45) is 0 Å². The lowest BCUT2D eigenvalue weighted by Gasteiger charge is -2.09. The number of hydrogen-bond acceptors (Lipinski definition) is 3. The van der Waals surface area contributed by atoms with E-state index in [1.54, 1.807) is 0 Å². The number of aromatic nitrogens is 1. The van der Waals surface area contributed by atoms with Crippen LogP contribution in [0.4, 0.5) is 5.69 Å². The second-order valence-electron chi connectivity index (χ2n) is 5.80. The molecule has 1 heterocycles. The predicted octanol–water partition coefficient (Wildman–Crippen LogP) is 2.27. The number of anilines is 1. The summed E-state index contributed by atoms with van der Waals surface area (Å²) in [5, 5.41) is 15.1. The first-order chi connectivity index (χ1) is 12.1. The van der Waals surface area contributed by atoms with Crippen molar-refractivity contribution in [3.63, 3.8) is 0 Å². The second kappa shape index (κ2) is 7.19. The first-order valence-corrected chi connectivity index (χ1v) is 7.99. The van der Waals surface area contributed by atoms with Gasteiger partial charge in [-0.15, -0.1) is 0 Å². The molecular formula is C19H19N3O3. The number of aromatic amines is 1. The van der Waals surface area contributed by atoms with E-state index in [9.17, 15) is 14.7 Å². The van der Waals surface area contributed by atoms with Gasteiger partial charge in [0.05, 0.1) is 17.5 Å². The van der Waals surface area contributed by atoms with Gasteiger partial charge in [-0.3, -0.25) is 9.59 Å². The van der Waals surface area contributed by atoms with E-state index in [2.05, 4.69) is 15.6 Å². The van der Waals surface area contributed by atoms with Gasteiger partial charge in [-0.1, -0.05) is 48.5 Å². The highest BCUT2D eigenvalue weighted by atomic mass is 16.3. The van der Waals surface area contributed by atoms with Crippen LogP contribution in [0.2, 0.25) is 0 Å². The molecule has 0 unspecified atom stereocenters. The maximum atomic E-state index is 12.2. The van der Waals surface area contributed by atoms with Crippen molar-refractivity contribution in [2.45, 2.75) is 13.0 Å². The lowest BCUT2D eigenvalue weighted by Crippen LogP contribution is -2.38. The number of nitrogens with one attached hydrogen (secondary N) is 3. The number of amides is 2. The summed E-state index contributed by atoms with van der Waals surface area (Å²) in [4.78, 5) is 27.4. The lowest BCUT2D eigenvalue weighted by molar-refractivity contribution is -0.136. The van der Waals surface area contributed by atoms with E-state index in [1.165, 1.54) is 6.92 Å². The number of para-hydroxylation sites is 1. The Bertz CT molecular complexity index is 901. The standard InChI is InChI=1S/C19H19N3O3/c1-12(23)11-20-18(24)19(25)22-17-14-9-5-6-10-15(14)21-16(17)13-7-3-2-4-8-13/h2-10,12,21,23H,11H2,1H3,(H,20,24)(H,22,25)/t12-/m0/s1. The normalized spacial score (nSPS) is 11.9. The molecule has 3 aromatic rings. The minimum Gasteiger partial charge on any atom is -0.392 e. The molecule has 128 valence electrons. The van der Waals surface area contributed by atoms with E-state index >= 15 is 0 Å². The molecule has 6 nitrogen and oxygen atoms in total. The van der Waals surface area contributed by atoms with Crippen molar-refractivity contribution in [1.82, 2.24) is 10.3 Å². The first-order valence-electron chi connectivity index (χ1n) is 7.99. The number of carbonyl (C=O) groups excluding carboxylic acids is 2. The molecule has 0 radical (unpaired) electrons. The Morgan fingerprint density at radius 1 is 1.04 bits per heavy atom. The van der Waals surface area contributed by atoms with E-state index in [4.69, 9.17) is 0 Å². The number of aliphatic hydroxyl groups is 1. The van der Waals surface area contributed by atoms with E-state index in [1.807, 2.05) is 54.6 Å². The summed E-state index contributed by atoms with van der Waals surface area (Å²) in [6, 6.07) is 17.1. The molecule has 2 aromatic carbocycles. The van der Waals surface area contributed by atoms with E-state index < -0.39 is 17.9 Å². The van der Waals surface area contributed by atoms with Gasteiger partial charge in [-0.05, 0) is 13.0 Å². The molecule has 4 N–H and O–H groups in total. The topological polar surface area (TPSA) is 94.2 Å². The quantitative estimate of drug-likeness (QED) is 0.550. The summed E-state index contributed by atoms with van der Waals surface area (Å²) < 4.78 is 0. The Hall–Kier alpha value is -3.12. The van der Waals surface area contributed by atoms with Crippen LogP contribution in [0.3, 0.4) is 0 Å². The molecule has 1 aromatic heterocycles. The van der Waals surface area contributed by atoms with Gasteiger partial charge in [0, 0.05) is 23.0 Å². The van der Waals surface area contributed by atoms with Crippen LogP contribution in [0.5, 0.6) is 0 Å². The molecule has 0 spiro atoms. The third kappa shape index (κ3) is 3.70. The zero-order valence-electron chi connectivity index (χ0n) is 13.7. The summed E-state index contributed by atoms with van der Waals surface area (Å²) >= 11 is 0. The Morgan fingerprint density at radius 3 is 2.44 bits per heavy atom. The van der Waals surface area contributed by atoms with Crippen LogP contribution in [0, 0.1) is 0 Å². The average Bonchev–Trinajstić information content (AvgIpc) is 2.99. The fraction of sp³-hybridized carbons (Fsp3) is 0.158. The zero-order chi connectivity index (χ0) is 17.8. The highest BCUT2D eigenvalue weighted by molar-refractivity contribution is 6.40. The van der Waals surface area contributed by atoms with Crippen LogP contribution in [0.15, 0.2) is 54.6 Å². The molecule has 0 saturated carbocycles. The van der Waals surface area contributed by atoms with Gasteiger partial charge in [0.1, 0.15) is 0 Å². The van der Waals surface area contributed by atoms with E-state index in [0.29, 0.717) is 5.69 Å². The van der Waals surface area contributed by atoms with Gasteiger partial charge in [0.15, 0.2) is 0 Å². The minimum absolute atomic E-state index is 0.0195. The van der Waals surface area contributed by atoms with Crippen LogP contribution in [0.25, 0.3) is 22.2 Å². The van der Waals surface area contributed by atoms with Gasteiger partial charge in [-0.2, -0.15) is 0 Å². The van der Waals surface area contributed by atoms with Crippen molar-refractivity contribution in [3.05, 3.63) is 54.6 Å². The van der Waals surface area contributed by atoms with Gasteiger partial charge in [0.2, 0.25) is 0 Å². The van der Waals surface area contributed by atoms with E-state index in [-0.39, 0.29) is 6.54 Å². The number of fused-ring (bicyclic) bond motifs is 1. The highest BCUT2D eigenvalue weighted by Crippen LogP contribution is 2.34. The molecular weight excluding hydrogens is 318 g/mol. The third-order valence-electron chi connectivity index (χ3n) is 3.77. The summed E-state index contributed by atoms with van der Waals surface area (Å²) in [5.41, 5.74) is 3.05. The van der Waals surface area contributed by atoms with Crippen LogP contribution in [-0.2, 0) is 9.59 Å². The van der Waals surface area contributed by atoms with Crippen molar-refractivity contribution in [3.8, 4) is 11.3 Å². The molecule has 3 rings (SSSR count). The maximum absolute atomic E-state index is 12.2. The molecule has 0 bridgehead atoms. The minimum atomic E-state index is -0.787. The molecule has 0 aliphatic heterocycles. The predicted molar refractivity (Wildman–Crippen MR) is 97.1 cm³/mol. The number of carbonyl (C=O) groups is 2. The molecule has 0 aliphatic rings. The van der Waals surface area contributed by atoms with Gasteiger partial charge in [-0.25, -0.2) is 0 Å². The van der Waals surface area contributed by atoms with Crippen LogP contribution in [-0.4, -0.2) is 34.6 Å². The molecule has 0 aliphatic carbocycles. The molecule has 6 heteroatoms. The number of H-pyrrole nitrogens is 1. The Labute approximate surface area is 144 Å². The maximum Gasteiger partial charge on any atom is 0.313 e. The zero-order valence-corrected chi connectivity index (χ0v) is 13.7. The summed E-state index contributed by atoms with van der Waals surface area (Å²) in [6.07, 6.45) is -0.718. The van der Waals surface area contributed by atoms with Crippen LogP contribution < -0.4 is 10.6 Å². The van der Waals surface area contributed by atoms with Crippen LogP contribution >= 0.6 is 0 Å².